The van der Waals surface area contributed by atoms with Crippen LogP contribution in [-0.2, 0) is 0 Å². The summed E-state index contributed by atoms with van der Waals surface area (Å²) < 4.78 is 10.9. The molecule has 5 nitrogen and oxygen atoms in total. The fourth-order valence-corrected chi connectivity index (χ4v) is 1.27. The van der Waals surface area contributed by atoms with Gasteiger partial charge >= 0.3 is 0 Å². The van der Waals surface area contributed by atoms with E-state index in [4.69, 9.17) is 15.2 Å². The van der Waals surface area contributed by atoms with Crippen LogP contribution in [0.25, 0.3) is 0 Å². The van der Waals surface area contributed by atoms with Crippen LogP contribution in [0.1, 0.15) is 26.2 Å². The van der Waals surface area contributed by atoms with Crippen LogP contribution < -0.4 is 15.2 Å². The maximum Gasteiger partial charge on any atom is 0.244 e. The largest absolute Gasteiger partial charge is 0.476 e. The van der Waals surface area contributed by atoms with Crippen LogP contribution in [0.2, 0.25) is 0 Å². The van der Waals surface area contributed by atoms with Gasteiger partial charge in [-0.1, -0.05) is 6.92 Å². The first-order valence-corrected chi connectivity index (χ1v) is 5.67. The van der Waals surface area contributed by atoms with Gasteiger partial charge in [0.15, 0.2) is 5.69 Å². The van der Waals surface area contributed by atoms with Crippen LogP contribution in [0.3, 0.4) is 0 Å². The minimum atomic E-state index is 0.400. The van der Waals surface area contributed by atoms with Gasteiger partial charge in [-0.3, -0.25) is 0 Å². The normalized spacial score (nSPS) is 14.8. The molecule has 0 unspecified atom stereocenters. The monoisotopic (exact) mass is 223 g/mol. The molecule has 0 aliphatic heterocycles. The number of hydrogen-bond donors (Lipinski definition) is 1. The molecule has 0 bridgehead atoms. The Balaban J connectivity index is 1.99. The van der Waals surface area contributed by atoms with Crippen LogP contribution in [0.4, 0.5) is 5.69 Å². The van der Waals surface area contributed by atoms with Gasteiger partial charge in [0.05, 0.1) is 13.2 Å². The molecule has 1 aliphatic rings. The van der Waals surface area contributed by atoms with Gasteiger partial charge < -0.3 is 15.2 Å². The lowest BCUT2D eigenvalue weighted by atomic mass is 10.4. The molecule has 1 aromatic rings. The second kappa shape index (κ2) is 5.01. The van der Waals surface area contributed by atoms with Crippen molar-refractivity contribution >= 4 is 5.69 Å². The molecule has 5 heteroatoms. The molecule has 0 atom stereocenters. The third kappa shape index (κ3) is 2.74. The minimum Gasteiger partial charge on any atom is -0.476 e. The van der Waals surface area contributed by atoms with Gasteiger partial charge in [0.25, 0.3) is 0 Å². The predicted octanol–water partition coefficient (Wildman–Crippen LogP) is 1.64. The van der Waals surface area contributed by atoms with E-state index < -0.39 is 0 Å². The van der Waals surface area contributed by atoms with Gasteiger partial charge in [-0.15, -0.1) is 0 Å². The smallest absolute Gasteiger partial charge is 0.244 e. The second-order valence-corrected chi connectivity index (χ2v) is 4.00. The van der Waals surface area contributed by atoms with E-state index in [-0.39, 0.29) is 0 Å². The lowest BCUT2D eigenvalue weighted by molar-refractivity contribution is 0.279. The Morgan fingerprint density at radius 1 is 1.31 bits per heavy atom. The number of ether oxygens (including phenoxy) is 2. The van der Waals surface area contributed by atoms with Gasteiger partial charge in [-0.05, 0) is 25.2 Å². The van der Waals surface area contributed by atoms with Crippen LogP contribution in [0, 0.1) is 5.92 Å². The molecule has 1 heterocycles. The number of rotatable bonds is 6. The molecule has 0 amide bonds. The molecule has 2 rings (SSSR count). The minimum absolute atomic E-state index is 0.400. The summed E-state index contributed by atoms with van der Waals surface area (Å²) in [4.78, 5) is 7.99. The molecule has 0 saturated heterocycles. The standard InChI is InChI=1S/C11H17N3O2/c1-2-5-15-10-9(12)11(14-7-13-10)16-6-8-3-4-8/h7-8H,2-6,12H2,1H3. The number of nitrogens with two attached hydrogens (primary N) is 1. The van der Waals surface area contributed by atoms with Crippen molar-refractivity contribution in [3.63, 3.8) is 0 Å². The van der Waals surface area contributed by atoms with Crippen LogP contribution in [0.5, 0.6) is 11.8 Å². The first-order valence-electron chi connectivity index (χ1n) is 5.67. The molecular formula is C11H17N3O2. The maximum atomic E-state index is 5.86. The van der Waals surface area contributed by atoms with Crippen molar-refractivity contribution in [2.75, 3.05) is 18.9 Å². The first-order chi connectivity index (χ1) is 7.81. The van der Waals surface area contributed by atoms with Crippen molar-refractivity contribution in [2.45, 2.75) is 26.2 Å². The molecule has 0 spiro atoms. The van der Waals surface area contributed by atoms with Gasteiger partial charge in [0.2, 0.25) is 11.8 Å². The number of aromatic nitrogens is 2. The van der Waals surface area contributed by atoms with E-state index in [0.29, 0.717) is 36.6 Å². The highest BCUT2D eigenvalue weighted by atomic mass is 16.5. The van der Waals surface area contributed by atoms with Gasteiger partial charge in [-0.25, -0.2) is 0 Å². The third-order valence-electron chi connectivity index (χ3n) is 2.41. The molecule has 88 valence electrons. The van der Waals surface area contributed by atoms with Crippen molar-refractivity contribution in [3.8, 4) is 11.8 Å². The lowest BCUT2D eigenvalue weighted by Gasteiger charge is -2.10. The molecule has 1 aromatic heterocycles. The number of nitrogens with zero attached hydrogens (tertiary/aromatic N) is 2. The summed E-state index contributed by atoms with van der Waals surface area (Å²) in [6.45, 7) is 3.32. The van der Waals surface area contributed by atoms with E-state index in [1.54, 1.807) is 0 Å². The highest BCUT2D eigenvalue weighted by Gasteiger charge is 2.23. The summed E-state index contributed by atoms with van der Waals surface area (Å²) in [5.74, 6) is 1.53. The molecule has 1 saturated carbocycles. The van der Waals surface area contributed by atoms with E-state index in [9.17, 15) is 0 Å². The fraction of sp³-hybridized carbons (Fsp3) is 0.636. The molecule has 1 aliphatic carbocycles. The van der Waals surface area contributed by atoms with Crippen molar-refractivity contribution in [1.29, 1.82) is 0 Å². The van der Waals surface area contributed by atoms with Crippen molar-refractivity contribution in [1.82, 2.24) is 9.97 Å². The van der Waals surface area contributed by atoms with E-state index in [1.165, 1.54) is 19.2 Å². The summed E-state index contributed by atoms with van der Waals surface area (Å²) >= 11 is 0. The quantitative estimate of drug-likeness (QED) is 0.793. The molecule has 1 fully saturated rings. The second-order valence-electron chi connectivity index (χ2n) is 4.00. The third-order valence-corrected chi connectivity index (χ3v) is 2.41. The van der Waals surface area contributed by atoms with Crippen molar-refractivity contribution < 1.29 is 9.47 Å². The van der Waals surface area contributed by atoms with Gasteiger partial charge in [0.1, 0.15) is 6.33 Å². The Morgan fingerprint density at radius 2 is 2.00 bits per heavy atom. The number of hydrogen-bond acceptors (Lipinski definition) is 5. The average Bonchev–Trinajstić information content (AvgIpc) is 3.10. The SMILES string of the molecule is CCCOc1ncnc(OCC2CC2)c1N. The zero-order valence-corrected chi connectivity index (χ0v) is 9.48. The number of anilines is 1. The first kappa shape index (κ1) is 11.0. The number of nitrogen functional groups attached to an aromatic ring is 1. The van der Waals surface area contributed by atoms with Crippen molar-refractivity contribution in [2.24, 2.45) is 5.92 Å². The highest BCUT2D eigenvalue weighted by Crippen LogP contribution is 2.32. The van der Waals surface area contributed by atoms with E-state index in [1.807, 2.05) is 6.92 Å². The van der Waals surface area contributed by atoms with E-state index >= 15 is 0 Å². The fourth-order valence-electron chi connectivity index (χ4n) is 1.27. The van der Waals surface area contributed by atoms with E-state index in [0.717, 1.165) is 6.42 Å². The van der Waals surface area contributed by atoms with Gasteiger partial charge in [0, 0.05) is 0 Å². The Morgan fingerprint density at radius 3 is 2.62 bits per heavy atom. The van der Waals surface area contributed by atoms with Crippen LogP contribution >= 0.6 is 0 Å². The summed E-state index contributed by atoms with van der Waals surface area (Å²) in [5, 5.41) is 0. The predicted molar refractivity (Wildman–Crippen MR) is 60.4 cm³/mol. The summed E-state index contributed by atoms with van der Waals surface area (Å²) in [7, 11) is 0. The summed E-state index contributed by atoms with van der Waals surface area (Å²) in [6, 6.07) is 0. The van der Waals surface area contributed by atoms with E-state index in [2.05, 4.69) is 9.97 Å². The average molecular weight is 223 g/mol. The molecule has 0 aromatic carbocycles. The maximum absolute atomic E-state index is 5.86. The molecule has 16 heavy (non-hydrogen) atoms. The van der Waals surface area contributed by atoms with Gasteiger partial charge in [-0.2, -0.15) is 9.97 Å². The zero-order valence-electron chi connectivity index (χ0n) is 9.48. The van der Waals surface area contributed by atoms with Crippen molar-refractivity contribution in [3.05, 3.63) is 6.33 Å². The molecule has 0 radical (unpaired) electrons. The van der Waals surface area contributed by atoms with Crippen LogP contribution in [-0.4, -0.2) is 23.2 Å². The highest BCUT2D eigenvalue weighted by molar-refractivity contribution is 5.55. The summed E-state index contributed by atoms with van der Waals surface area (Å²) in [5.41, 5.74) is 6.26. The Bertz CT molecular complexity index is 353. The molecular weight excluding hydrogens is 206 g/mol. The topological polar surface area (TPSA) is 70.3 Å². The van der Waals surface area contributed by atoms with Crippen LogP contribution in [0.15, 0.2) is 6.33 Å². The lowest BCUT2D eigenvalue weighted by Crippen LogP contribution is -2.07. The molecule has 2 N–H and O–H groups in total. The Hall–Kier alpha value is -1.52. The zero-order chi connectivity index (χ0) is 11.4. The Labute approximate surface area is 95.0 Å². The summed E-state index contributed by atoms with van der Waals surface area (Å²) in [6.07, 6.45) is 4.82. The Kier molecular flexibility index (Phi) is 3.44.